The molecule has 7 nitrogen and oxygen atoms in total. The Morgan fingerprint density at radius 3 is 2.76 bits per heavy atom. The topological polar surface area (TPSA) is 107 Å². The number of aromatic nitrogens is 2. The molecule has 1 aliphatic rings. The van der Waals surface area contributed by atoms with Crippen molar-refractivity contribution in [3.8, 4) is 0 Å². The Labute approximate surface area is 145 Å². The molecule has 0 aliphatic heterocycles. The minimum absolute atomic E-state index is 0.0501. The quantitative estimate of drug-likeness (QED) is 0.638. The van der Waals surface area contributed by atoms with Gasteiger partial charge in [0.05, 0.1) is 12.6 Å². The molecule has 2 rings (SSSR count). The molecule has 1 saturated carbocycles. The molecule has 0 saturated heterocycles. The molecule has 1 fully saturated rings. The fraction of sp³-hybridized carbons (Fsp3) is 0.647. The van der Waals surface area contributed by atoms with Crippen LogP contribution in [0.2, 0.25) is 0 Å². The van der Waals surface area contributed by atoms with Crippen LogP contribution >= 0.6 is 0 Å². The highest BCUT2D eigenvalue weighted by Crippen LogP contribution is 2.25. The van der Waals surface area contributed by atoms with E-state index in [-0.39, 0.29) is 24.2 Å². The molecule has 1 aliphatic carbocycles. The van der Waals surface area contributed by atoms with Gasteiger partial charge in [0.15, 0.2) is 5.78 Å². The lowest BCUT2D eigenvalue weighted by atomic mass is 10.0. The number of hydrogen-bond donors (Lipinski definition) is 2. The van der Waals surface area contributed by atoms with E-state index in [1.54, 1.807) is 0 Å². The van der Waals surface area contributed by atoms with Crippen molar-refractivity contribution in [1.82, 2.24) is 14.9 Å². The summed E-state index contributed by atoms with van der Waals surface area (Å²) in [6.45, 7) is 0.211. The fourth-order valence-corrected chi connectivity index (χ4v) is 3.11. The Hall–Kier alpha value is -2.09. The van der Waals surface area contributed by atoms with Gasteiger partial charge in [0.1, 0.15) is 0 Å². The second-order valence-corrected chi connectivity index (χ2v) is 6.44. The Morgan fingerprint density at radius 1 is 1.36 bits per heavy atom. The van der Waals surface area contributed by atoms with Crippen LogP contribution in [-0.2, 0) is 16.1 Å². The molecule has 25 heavy (non-hydrogen) atoms. The molecule has 3 N–H and O–H groups in total. The molecule has 0 spiro atoms. The van der Waals surface area contributed by atoms with Crippen molar-refractivity contribution in [1.29, 1.82) is 0 Å². The molecule has 1 amide bonds. The van der Waals surface area contributed by atoms with Crippen LogP contribution in [-0.4, -0.2) is 33.8 Å². The van der Waals surface area contributed by atoms with Crippen molar-refractivity contribution in [2.75, 3.05) is 6.54 Å². The lowest BCUT2D eigenvalue weighted by molar-refractivity contribution is -0.130. The predicted molar refractivity (Wildman–Crippen MR) is 90.3 cm³/mol. The SMILES string of the molecule is NCCCCC(NC(=O)C1CCCC1)C(=O)Cn1ccnc(F)c1=O. The highest BCUT2D eigenvalue weighted by atomic mass is 19.1. The summed E-state index contributed by atoms with van der Waals surface area (Å²) in [4.78, 5) is 39.9. The lowest BCUT2D eigenvalue weighted by Gasteiger charge is -2.20. The minimum Gasteiger partial charge on any atom is -0.346 e. The maximum Gasteiger partial charge on any atom is 0.306 e. The maximum atomic E-state index is 13.3. The summed E-state index contributed by atoms with van der Waals surface area (Å²) in [7, 11) is 0. The van der Waals surface area contributed by atoms with Gasteiger partial charge >= 0.3 is 5.56 Å². The van der Waals surface area contributed by atoms with Crippen LogP contribution in [0.25, 0.3) is 0 Å². The number of amides is 1. The first-order valence-corrected chi connectivity index (χ1v) is 8.77. The van der Waals surface area contributed by atoms with Crippen molar-refractivity contribution in [2.45, 2.75) is 57.5 Å². The zero-order valence-electron chi connectivity index (χ0n) is 14.2. The monoisotopic (exact) mass is 352 g/mol. The van der Waals surface area contributed by atoms with Crippen LogP contribution in [0.3, 0.4) is 0 Å². The van der Waals surface area contributed by atoms with E-state index < -0.39 is 17.5 Å². The molecule has 1 unspecified atom stereocenters. The van der Waals surface area contributed by atoms with Crippen molar-refractivity contribution in [3.05, 3.63) is 28.7 Å². The molecule has 0 aromatic carbocycles. The zero-order valence-corrected chi connectivity index (χ0v) is 14.2. The lowest BCUT2D eigenvalue weighted by Crippen LogP contribution is -2.45. The maximum absolute atomic E-state index is 13.3. The zero-order chi connectivity index (χ0) is 18.2. The second kappa shape index (κ2) is 9.41. The van der Waals surface area contributed by atoms with E-state index in [0.717, 1.165) is 42.9 Å². The van der Waals surface area contributed by atoms with Gasteiger partial charge < -0.3 is 15.6 Å². The van der Waals surface area contributed by atoms with E-state index in [4.69, 9.17) is 5.73 Å². The van der Waals surface area contributed by atoms with Gasteiger partial charge in [-0.05, 0) is 38.6 Å². The van der Waals surface area contributed by atoms with Gasteiger partial charge in [-0.25, -0.2) is 4.98 Å². The highest BCUT2D eigenvalue weighted by Gasteiger charge is 2.27. The number of ketones is 1. The van der Waals surface area contributed by atoms with Gasteiger partial charge in [0.2, 0.25) is 5.91 Å². The average Bonchev–Trinajstić information content (AvgIpc) is 3.13. The van der Waals surface area contributed by atoms with Gasteiger partial charge in [-0.1, -0.05) is 12.8 Å². The first kappa shape index (κ1) is 19.2. The number of nitrogens with one attached hydrogen (secondary N) is 1. The first-order chi connectivity index (χ1) is 12.0. The summed E-state index contributed by atoms with van der Waals surface area (Å²) in [5.41, 5.74) is 4.54. The van der Waals surface area contributed by atoms with Crippen LogP contribution in [0.15, 0.2) is 17.2 Å². The number of unbranched alkanes of at least 4 members (excludes halogenated alkanes) is 1. The normalized spacial score (nSPS) is 15.9. The summed E-state index contributed by atoms with van der Waals surface area (Å²) in [5, 5.41) is 2.82. The van der Waals surface area contributed by atoms with Crippen LogP contribution in [0.1, 0.15) is 44.9 Å². The van der Waals surface area contributed by atoms with Crippen molar-refractivity contribution >= 4 is 11.7 Å². The third kappa shape index (κ3) is 5.45. The number of Topliss-reactive ketones (excluding diaryl/α,β-unsaturated/α-hetero) is 1. The van der Waals surface area contributed by atoms with E-state index in [9.17, 15) is 18.8 Å². The highest BCUT2D eigenvalue weighted by molar-refractivity contribution is 5.89. The van der Waals surface area contributed by atoms with Crippen molar-refractivity contribution in [2.24, 2.45) is 11.7 Å². The molecular formula is C17H25FN4O3. The summed E-state index contributed by atoms with van der Waals surface area (Å²) in [6, 6.07) is -0.692. The Morgan fingerprint density at radius 2 is 2.08 bits per heavy atom. The van der Waals surface area contributed by atoms with E-state index in [0.29, 0.717) is 19.4 Å². The van der Waals surface area contributed by atoms with E-state index in [1.807, 2.05) is 0 Å². The number of carbonyl (C=O) groups excluding carboxylic acids is 2. The number of hydrogen-bond acceptors (Lipinski definition) is 5. The first-order valence-electron chi connectivity index (χ1n) is 8.77. The van der Waals surface area contributed by atoms with Crippen LogP contribution in [0.5, 0.6) is 0 Å². The standard InChI is InChI=1S/C17H25FN4O3/c18-15-17(25)22(10-9-20-15)11-14(23)13(7-3-4-8-19)21-16(24)12-5-1-2-6-12/h9-10,12-13H,1-8,11,19H2,(H,21,24). The van der Waals surface area contributed by atoms with Gasteiger partial charge in [0, 0.05) is 18.3 Å². The number of rotatable bonds is 9. The van der Waals surface area contributed by atoms with Crippen LogP contribution in [0.4, 0.5) is 4.39 Å². The molecule has 1 heterocycles. The summed E-state index contributed by atoms with van der Waals surface area (Å²) >= 11 is 0. The third-order valence-corrected chi connectivity index (χ3v) is 4.58. The van der Waals surface area contributed by atoms with Crippen LogP contribution < -0.4 is 16.6 Å². The number of nitrogens with zero attached hydrogens (tertiary/aromatic N) is 2. The molecule has 0 radical (unpaired) electrons. The van der Waals surface area contributed by atoms with E-state index >= 15 is 0 Å². The largest absolute Gasteiger partial charge is 0.346 e. The molecule has 1 atom stereocenters. The van der Waals surface area contributed by atoms with Gasteiger partial charge in [-0.3, -0.25) is 14.4 Å². The predicted octanol–water partition coefficient (Wildman–Crippen LogP) is 0.755. The van der Waals surface area contributed by atoms with Crippen molar-refractivity contribution in [3.63, 3.8) is 0 Å². The average molecular weight is 352 g/mol. The molecule has 0 bridgehead atoms. The number of halogens is 1. The number of nitrogens with two attached hydrogens (primary N) is 1. The van der Waals surface area contributed by atoms with E-state index in [1.165, 1.54) is 6.20 Å². The molecule has 1 aromatic rings. The second-order valence-electron chi connectivity index (χ2n) is 6.44. The number of carbonyl (C=O) groups is 2. The Kier molecular flexibility index (Phi) is 7.24. The smallest absolute Gasteiger partial charge is 0.306 e. The van der Waals surface area contributed by atoms with Crippen molar-refractivity contribution < 1.29 is 14.0 Å². The fourth-order valence-electron chi connectivity index (χ4n) is 3.11. The Bertz CT molecular complexity index is 656. The molecular weight excluding hydrogens is 327 g/mol. The van der Waals surface area contributed by atoms with Crippen LogP contribution in [0, 0.1) is 11.9 Å². The van der Waals surface area contributed by atoms with E-state index in [2.05, 4.69) is 10.3 Å². The van der Waals surface area contributed by atoms with Gasteiger partial charge in [-0.15, -0.1) is 0 Å². The molecule has 138 valence electrons. The summed E-state index contributed by atoms with van der Waals surface area (Å²) in [5.74, 6) is -1.64. The van der Waals surface area contributed by atoms with Gasteiger partial charge in [0.25, 0.3) is 5.95 Å². The molecule has 8 heteroatoms. The minimum atomic E-state index is -1.15. The molecule has 1 aromatic heterocycles. The Balaban J connectivity index is 2.04. The summed E-state index contributed by atoms with van der Waals surface area (Å²) in [6.07, 6.45) is 8.00. The third-order valence-electron chi connectivity index (χ3n) is 4.58. The van der Waals surface area contributed by atoms with Gasteiger partial charge in [-0.2, -0.15) is 4.39 Å². The summed E-state index contributed by atoms with van der Waals surface area (Å²) < 4.78 is 14.2.